The first kappa shape index (κ1) is 19.7. The zero-order valence-corrected chi connectivity index (χ0v) is 18.1. The quantitative estimate of drug-likeness (QED) is 0.328. The Morgan fingerprint density at radius 3 is 1.50 bits per heavy atom. The summed E-state index contributed by atoms with van der Waals surface area (Å²) in [4.78, 5) is 20.4. The molecular weight excluding hydrogens is 469 g/mol. The van der Waals surface area contributed by atoms with Gasteiger partial charge in [0.1, 0.15) is 22.0 Å². The van der Waals surface area contributed by atoms with Crippen LogP contribution in [0.2, 0.25) is 0 Å². The van der Waals surface area contributed by atoms with Crippen LogP contribution in [0, 0.1) is 23.7 Å². The number of allylic oxidation sites excluding steroid dienone is 2. The van der Waals surface area contributed by atoms with Crippen molar-refractivity contribution in [3.63, 3.8) is 0 Å². The Kier molecular flexibility index (Phi) is 4.35. The fourth-order valence-corrected chi connectivity index (χ4v) is 8.79. The molecule has 4 aliphatic carbocycles. The molecule has 0 N–H and O–H groups in total. The minimum atomic E-state index is -1.66. The lowest BCUT2D eigenvalue weighted by Crippen LogP contribution is -2.52. The minimum absolute atomic E-state index is 0.125. The summed E-state index contributed by atoms with van der Waals surface area (Å²) in [5.41, 5.74) is 0. The van der Waals surface area contributed by atoms with Crippen LogP contribution < -0.4 is 0 Å². The molecule has 0 heterocycles. The minimum Gasteiger partial charge on any atom is -0.458 e. The maximum atomic E-state index is 11.6. The van der Waals surface area contributed by atoms with Gasteiger partial charge in [0.15, 0.2) is 4.33 Å². The van der Waals surface area contributed by atoms with E-state index in [4.69, 9.17) is 79.1 Å². The number of carbonyl (C=O) groups excluding carboxylic acids is 2. The molecule has 144 valence electrons. The standard InChI is InChI=1S/C16H14Cl6O4/c1-4(23)25-10-6-3-7(11(10)26-5(2)24)9-8(6)14(19)12(17)13(18)15(9,20)16(14,21)22/h6-11H,3H2,1-2H3/t6-,7+,8+,9-,10-,11-,14+,15-/m0/s1. The molecular formula is C16H14Cl6O4. The van der Waals surface area contributed by atoms with Gasteiger partial charge in [-0.15, -0.1) is 23.2 Å². The van der Waals surface area contributed by atoms with Gasteiger partial charge in [0, 0.05) is 25.7 Å². The Morgan fingerprint density at radius 1 is 0.846 bits per heavy atom. The summed E-state index contributed by atoms with van der Waals surface area (Å²) >= 11 is 39.9. The molecule has 10 heteroatoms. The van der Waals surface area contributed by atoms with Crippen molar-refractivity contribution in [2.24, 2.45) is 23.7 Å². The lowest BCUT2D eigenvalue weighted by Gasteiger charge is -2.44. The van der Waals surface area contributed by atoms with E-state index in [2.05, 4.69) is 0 Å². The van der Waals surface area contributed by atoms with Gasteiger partial charge in [0.05, 0.1) is 10.1 Å². The van der Waals surface area contributed by atoms with Gasteiger partial charge in [-0.25, -0.2) is 0 Å². The van der Waals surface area contributed by atoms with E-state index < -0.39 is 38.2 Å². The number of ether oxygens (including phenoxy) is 2. The summed E-state index contributed by atoms with van der Waals surface area (Å²) in [5.74, 6) is -2.21. The van der Waals surface area contributed by atoms with Crippen molar-refractivity contribution < 1.29 is 19.1 Å². The van der Waals surface area contributed by atoms with Crippen molar-refractivity contribution in [3.8, 4) is 0 Å². The molecule has 0 aliphatic heterocycles. The first-order valence-electron chi connectivity index (χ1n) is 8.07. The van der Waals surface area contributed by atoms with Gasteiger partial charge in [-0.05, 0) is 18.3 Å². The number of rotatable bonds is 2. The van der Waals surface area contributed by atoms with Crippen LogP contribution in [0.4, 0.5) is 0 Å². The van der Waals surface area contributed by atoms with Crippen molar-refractivity contribution in [3.05, 3.63) is 10.1 Å². The predicted octanol–water partition coefficient (Wildman–Crippen LogP) is 4.58. The molecule has 0 radical (unpaired) electrons. The van der Waals surface area contributed by atoms with Crippen molar-refractivity contribution in [1.29, 1.82) is 0 Å². The van der Waals surface area contributed by atoms with Crippen LogP contribution in [-0.2, 0) is 19.1 Å². The van der Waals surface area contributed by atoms with Gasteiger partial charge in [-0.2, -0.15) is 0 Å². The molecule has 0 aromatic rings. The van der Waals surface area contributed by atoms with E-state index in [1.165, 1.54) is 13.8 Å². The summed E-state index contributed by atoms with van der Waals surface area (Å²) in [6, 6.07) is 0. The smallest absolute Gasteiger partial charge is 0.303 e. The van der Waals surface area contributed by atoms with Crippen molar-refractivity contribution >= 4 is 81.5 Å². The zero-order chi connectivity index (χ0) is 19.4. The summed E-state index contributed by atoms with van der Waals surface area (Å²) in [7, 11) is 0. The van der Waals surface area contributed by atoms with E-state index in [-0.39, 0.29) is 33.7 Å². The van der Waals surface area contributed by atoms with Crippen molar-refractivity contribution in [2.45, 2.75) is 46.6 Å². The van der Waals surface area contributed by atoms with Gasteiger partial charge >= 0.3 is 11.9 Å². The highest BCUT2D eigenvalue weighted by molar-refractivity contribution is 6.65. The second-order valence-electron chi connectivity index (χ2n) is 7.39. The average Bonchev–Trinajstić information content (AvgIpc) is 3.12. The molecule has 0 saturated heterocycles. The van der Waals surface area contributed by atoms with E-state index in [0.717, 1.165) is 0 Å². The first-order chi connectivity index (χ1) is 11.9. The summed E-state index contributed by atoms with van der Waals surface area (Å²) in [6.45, 7) is 2.59. The second-order valence-corrected chi connectivity index (χ2v) is 10.7. The highest BCUT2D eigenvalue weighted by Crippen LogP contribution is 2.82. The fraction of sp³-hybridized carbons (Fsp3) is 0.750. The van der Waals surface area contributed by atoms with Crippen molar-refractivity contribution in [2.75, 3.05) is 0 Å². The first-order valence-corrected chi connectivity index (χ1v) is 10.3. The van der Waals surface area contributed by atoms with Gasteiger partial charge in [0.2, 0.25) is 0 Å². The van der Waals surface area contributed by atoms with Crippen LogP contribution in [0.25, 0.3) is 0 Å². The van der Waals surface area contributed by atoms with Gasteiger partial charge in [-0.3, -0.25) is 9.59 Å². The van der Waals surface area contributed by atoms with E-state index >= 15 is 0 Å². The number of hydrogen-bond acceptors (Lipinski definition) is 4. The third-order valence-corrected chi connectivity index (χ3v) is 10.6. The van der Waals surface area contributed by atoms with Crippen LogP contribution >= 0.6 is 69.6 Å². The molecule has 4 bridgehead atoms. The third-order valence-electron chi connectivity index (χ3n) is 6.29. The van der Waals surface area contributed by atoms with Gasteiger partial charge in [-0.1, -0.05) is 46.4 Å². The molecule has 3 saturated carbocycles. The molecule has 3 fully saturated rings. The van der Waals surface area contributed by atoms with Crippen LogP contribution in [0.15, 0.2) is 10.1 Å². The van der Waals surface area contributed by atoms with Crippen LogP contribution in [-0.4, -0.2) is 38.2 Å². The number of halogens is 6. The summed E-state index contributed by atoms with van der Waals surface area (Å²) in [6.07, 6.45) is -0.734. The molecule has 0 amide bonds. The average molecular weight is 483 g/mol. The van der Waals surface area contributed by atoms with E-state index in [1.807, 2.05) is 0 Å². The predicted molar refractivity (Wildman–Crippen MR) is 100 cm³/mol. The number of fused-ring (bicyclic) bond motifs is 9. The summed E-state index contributed by atoms with van der Waals surface area (Å²) in [5, 5.41) is 0.250. The molecule has 26 heavy (non-hydrogen) atoms. The fourth-order valence-electron chi connectivity index (χ4n) is 5.65. The second kappa shape index (κ2) is 5.73. The lowest BCUT2D eigenvalue weighted by atomic mass is 9.70. The molecule has 0 aromatic carbocycles. The maximum absolute atomic E-state index is 11.6. The van der Waals surface area contributed by atoms with E-state index in [1.54, 1.807) is 0 Å². The van der Waals surface area contributed by atoms with E-state index in [9.17, 15) is 9.59 Å². The Hall–Kier alpha value is 0.420. The molecule has 8 atom stereocenters. The van der Waals surface area contributed by atoms with Crippen molar-refractivity contribution in [1.82, 2.24) is 0 Å². The lowest BCUT2D eigenvalue weighted by molar-refractivity contribution is -0.175. The number of carbonyl (C=O) groups is 2. The molecule has 4 aliphatic rings. The SMILES string of the molecule is CC(=O)O[C@H]1[C@H]2C[C@@H]([C@@H]1OC(C)=O)[C@H]1[C@@H]2[C@@]2(Cl)C(Cl)=C(Cl)[C@]1(Cl)C2(Cl)Cl. The number of alkyl halides is 4. The highest BCUT2D eigenvalue weighted by Gasteiger charge is 2.88. The summed E-state index contributed by atoms with van der Waals surface area (Å²) < 4.78 is 9.32. The van der Waals surface area contributed by atoms with Crippen LogP contribution in [0.1, 0.15) is 20.3 Å². The van der Waals surface area contributed by atoms with Crippen LogP contribution in [0.5, 0.6) is 0 Å². The topological polar surface area (TPSA) is 52.6 Å². The zero-order valence-electron chi connectivity index (χ0n) is 13.6. The number of esters is 2. The highest BCUT2D eigenvalue weighted by atomic mass is 35.5. The largest absolute Gasteiger partial charge is 0.458 e. The Morgan fingerprint density at radius 2 is 1.19 bits per heavy atom. The molecule has 4 nitrogen and oxygen atoms in total. The molecule has 0 spiro atoms. The Balaban J connectivity index is 1.85. The van der Waals surface area contributed by atoms with Crippen LogP contribution in [0.3, 0.4) is 0 Å². The normalized spacial score (nSPS) is 50.2. The monoisotopic (exact) mass is 480 g/mol. The van der Waals surface area contributed by atoms with E-state index in [0.29, 0.717) is 6.42 Å². The third kappa shape index (κ3) is 1.97. The maximum Gasteiger partial charge on any atom is 0.303 e. The Labute approximate surface area is 180 Å². The van der Waals surface area contributed by atoms with Gasteiger partial charge < -0.3 is 9.47 Å². The molecule has 0 unspecified atom stereocenters. The Bertz CT molecular complexity index is 695. The number of hydrogen-bond donors (Lipinski definition) is 0. The molecule has 4 rings (SSSR count). The molecule has 0 aromatic heterocycles. The van der Waals surface area contributed by atoms with Gasteiger partial charge in [0.25, 0.3) is 0 Å².